The second-order valence-corrected chi connectivity index (χ2v) is 2.71. The van der Waals surface area contributed by atoms with Crippen LogP contribution in [0.3, 0.4) is 0 Å². The Morgan fingerprint density at radius 1 is 1.64 bits per heavy atom. The fourth-order valence-corrected chi connectivity index (χ4v) is 0.924. The fraction of sp³-hybridized carbons (Fsp3) is 0.222. The SMILES string of the molecule is C=C(C)C[n+]1ccccc1N. The molecule has 1 heterocycles. The molecule has 0 fully saturated rings. The number of aromatic nitrogens is 1. The van der Waals surface area contributed by atoms with E-state index in [9.17, 15) is 0 Å². The number of allylic oxidation sites excluding steroid dienone is 1. The van der Waals surface area contributed by atoms with E-state index >= 15 is 0 Å². The summed E-state index contributed by atoms with van der Waals surface area (Å²) in [6, 6.07) is 5.76. The van der Waals surface area contributed by atoms with Gasteiger partial charge in [0.05, 0.1) is 6.20 Å². The molecule has 11 heavy (non-hydrogen) atoms. The maximum Gasteiger partial charge on any atom is 0.272 e. The van der Waals surface area contributed by atoms with Gasteiger partial charge in [-0.3, -0.25) is 5.73 Å². The minimum Gasteiger partial charge on any atom is -0.287 e. The molecule has 2 N–H and O–H groups in total. The van der Waals surface area contributed by atoms with E-state index in [-0.39, 0.29) is 0 Å². The van der Waals surface area contributed by atoms with E-state index in [1.165, 1.54) is 0 Å². The van der Waals surface area contributed by atoms with Crippen molar-refractivity contribution in [3.63, 3.8) is 0 Å². The van der Waals surface area contributed by atoms with Gasteiger partial charge in [-0.15, -0.1) is 0 Å². The quantitative estimate of drug-likeness (QED) is 0.496. The molecule has 2 heteroatoms. The smallest absolute Gasteiger partial charge is 0.272 e. The zero-order valence-electron chi connectivity index (χ0n) is 6.75. The maximum atomic E-state index is 5.69. The standard InChI is InChI=1S/C9H12N2/c1-8(2)7-11-6-4-3-5-9(11)10/h3-6,10H,1,7H2,2H3/p+1. The minimum absolute atomic E-state index is 0.774. The zero-order valence-corrected chi connectivity index (χ0v) is 6.75. The Balaban J connectivity index is 2.86. The summed E-state index contributed by atoms with van der Waals surface area (Å²) in [4.78, 5) is 0. The number of nitrogens with zero attached hydrogens (tertiary/aromatic N) is 1. The zero-order chi connectivity index (χ0) is 8.27. The summed E-state index contributed by atoms with van der Waals surface area (Å²) in [7, 11) is 0. The highest BCUT2D eigenvalue weighted by Crippen LogP contribution is 1.93. The van der Waals surface area contributed by atoms with Gasteiger partial charge in [-0.25, -0.2) is 4.57 Å². The Kier molecular flexibility index (Phi) is 2.26. The minimum atomic E-state index is 0.774. The molecule has 0 aliphatic rings. The first-order valence-electron chi connectivity index (χ1n) is 3.58. The molecular formula is C9H13N2+. The summed E-state index contributed by atoms with van der Waals surface area (Å²) in [5, 5.41) is 0. The van der Waals surface area contributed by atoms with Gasteiger partial charge in [-0.05, 0) is 18.6 Å². The molecule has 0 aliphatic heterocycles. The van der Waals surface area contributed by atoms with Gasteiger partial charge < -0.3 is 0 Å². The number of hydrogen-bond acceptors (Lipinski definition) is 1. The summed E-state index contributed by atoms with van der Waals surface area (Å²) in [5.41, 5.74) is 6.80. The third-order valence-corrected chi connectivity index (χ3v) is 1.42. The molecular weight excluding hydrogens is 136 g/mol. The van der Waals surface area contributed by atoms with E-state index in [1.807, 2.05) is 35.9 Å². The summed E-state index contributed by atoms with van der Waals surface area (Å²) < 4.78 is 1.96. The first kappa shape index (κ1) is 7.79. The monoisotopic (exact) mass is 149 g/mol. The van der Waals surface area contributed by atoms with Gasteiger partial charge in [0, 0.05) is 6.07 Å². The van der Waals surface area contributed by atoms with E-state index < -0.39 is 0 Å². The molecule has 0 spiro atoms. The van der Waals surface area contributed by atoms with Crippen molar-refractivity contribution >= 4 is 5.82 Å². The number of pyridine rings is 1. The van der Waals surface area contributed by atoms with Crippen LogP contribution in [0, 0.1) is 0 Å². The number of hydrogen-bond donors (Lipinski definition) is 1. The van der Waals surface area contributed by atoms with Crippen LogP contribution in [0.2, 0.25) is 0 Å². The lowest BCUT2D eigenvalue weighted by molar-refractivity contribution is -0.674. The Hall–Kier alpha value is -1.31. The van der Waals surface area contributed by atoms with Gasteiger partial charge in [0.2, 0.25) is 0 Å². The molecule has 0 aromatic carbocycles. The van der Waals surface area contributed by atoms with Crippen LogP contribution < -0.4 is 10.3 Å². The molecule has 1 aromatic rings. The molecule has 0 amide bonds. The van der Waals surface area contributed by atoms with Crippen LogP contribution in [0.25, 0.3) is 0 Å². The average molecular weight is 149 g/mol. The van der Waals surface area contributed by atoms with Crippen LogP contribution in [-0.4, -0.2) is 0 Å². The molecule has 0 saturated carbocycles. The summed E-state index contributed by atoms with van der Waals surface area (Å²) in [5.74, 6) is 0.774. The lowest BCUT2D eigenvalue weighted by atomic mass is 10.3. The first-order valence-corrected chi connectivity index (χ1v) is 3.58. The van der Waals surface area contributed by atoms with Crippen LogP contribution in [0.15, 0.2) is 36.5 Å². The van der Waals surface area contributed by atoms with Crippen LogP contribution in [-0.2, 0) is 6.54 Å². The Labute approximate surface area is 67.0 Å². The Morgan fingerprint density at radius 3 is 2.91 bits per heavy atom. The number of nitrogen functional groups attached to an aromatic ring is 1. The Bertz CT molecular complexity index is 266. The van der Waals surface area contributed by atoms with Crippen LogP contribution >= 0.6 is 0 Å². The normalized spacial score (nSPS) is 9.55. The highest BCUT2D eigenvalue weighted by Gasteiger charge is 2.00. The van der Waals surface area contributed by atoms with Crippen LogP contribution in [0.5, 0.6) is 0 Å². The highest BCUT2D eigenvalue weighted by molar-refractivity contribution is 5.18. The Morgan fingerprint density at radius 2 is 2.36 bits per heavy atom. The number of rotatable bonds is 2. The molecule has 1 aromatic heterocycles. The van der Waals surface area contributed by atoms with Crippen molar-refractivity contribution in [3.05, 3.63) is 36.5 Å². The lowest BCUT2D eigenvalue weighted by Crippen LogP contribution is -2.36. The third kappa shape index (κ3) is 2.08. The van der Waals surface area contributed by atoms with Crippen molar-refractivity contribution < 1.29 is 4.57 Å². The van der Waals surface area contributed by atoms with Crippen molar-refractivity contribution in [3.8, 4) is 0 Å². The largest absolute Gasteiger partial charge is 0.287 e. The van der Waals surface area contributed by atoms with E-state index in [0.29, 0.717) is 0 Å². The molecule has 1 rings (SSSR count). The molecule has 0 aliphatic carbocycles. The third-order valence-electron chi connectivity index (χ3n) is 1.42. The summed E-state index contributed by atoms with van der Waals surface area (Å²) in [6.45, 7) is 6.60. The van der Waals surface area contributed by atoms with Crippen LogP contribution in [0.4, 0.5) is 5.82 Å². The van der Waals surface area contributed by atoms with Crippen molar-refractivity contribution in [2.45, 2.75) is 13.5 Å². The molecule has 58 valence electrons. The average Bonchev–Trinajstić information content (AvgIpc) is 1.93. The van der Waals surface area contributed by atoms with Crippen molar-refractivity contribution in [1.82, 2.24) is 0 Å². The predicted molar refractivity (Wildman–Crippen MR) is 45.9 cm³/mol. The first-order chi connectivity index (χ1) is 5.20. The van der Waals surface area contributed by atoms with Gasteiger partial charge in [0.15, 0.2) is 0 Å². The van der Waals surface area contributed by atoms with Gasteiger partial charge >= 0.3 is 0 Å². The topological polar surface area (TPSA) is 29.9 Å². The van der Waals surface area contributed by atoms with Crippen LogP contribution in [0.1, 0.15) is 6.92 Å². The van der Waals surface area contributed by atoms with E-state index in [1.54, 1.807) is 0 Å². The fourth-order valence-electron chi connectivity index (χ4n) is 0.924. The number of nitrogens with two attached hydrogens (primary N) is 1. The van der Waals surface area contributed by atoms with Gasteiger partial charge in [-0.1, -0.05) is 12.6 Å². The number of anilines is 1. The van der Waals surface area contributed by atoms with E-state index in [2.05, 4.69) is 6.58 Å². The molecule has 0 unspecified atom stereocenters. The van der Waals surface area contributed by atoms with Gasteiger partial charge in [0.1, 0.15) is 6.54 Å². The van der Waals surface area contributed by atoms with Crippen molar-refractivity contribution in [2.24, 2.45) is 0 Å². The van der Waals surface area contributed by atoms with Gasteiger partial charge in [-0.2, -0.15) is 0 Å². The maximum absolute atomic E-state index is 5.69. The van der Waals surface area contributed by atoms with Gasteiger partial charge in [0.25, 0.3) is 5.82 Å². The summed E-state index contributed by atoms with van der Waals surface area (Å²) >= 11 is 0. The second kappa shape index (κ2) is 3.19. The predicted octanol–water partition coefficient (Wildman–Crippen LogP) is 1.13. The molecule has 0 radical (unpaired) electrons. The molecule has 0 saturated heterocycles. The second-order valence-electron chi connectivity index (χ2n) is 2.71. The van der Waals surface area contributed by atoms with Crippen molar-refractivity contribution in [2.75, 3.05) is 5.73 Å². The van der Waals surface area contributed by atoms with E-state index in [4.69, 9.17) is 5.73 Å². The highest BCUT2D eigenvalue weighted by atomic mass is 15.0. The molecule has 0 bridgehead atoms. The lowest BCUT2D eigenvalue weighted by Gasteiger charge is -2.00. The molecule has 2 nitrogen and oxygen atoms in total. The molecule has 0 atom stereocenters. The summed E-state index contributed by atoms with van der Waals surface area (Å²) in [6.07, 6.45) is 1.95. The van der Waals surface area contributed by atoms with E-state index in [0.717, 1.165) is 17.9 Å². The van der Waals surface area contributed by atoms with Crippen molar-refractivity contribution in [1.29, 1.82) is 0 Å².